The zero-order valence-corrected chi connectivity index (χ0v) is 19.1. The lowest BCUT2D eigenvalue weighted by Gasteiger charge is -2.31. The van der Waals surface area contributed by atoms with Crippen LogP contribution in [0.4, 0.5) is 5.69 Å². The Morgan fingerprint density at radius 2 is 1.75 bits per heavy atom. The molecule has 3 aromatic rings. The van der Waals surface area contributed by atoms with Crippen molar-refractivity contribution in [2.24, 2.45) is 0 Å². The number of hydrogen-bond acceptors (Lipinski definition) is 9. The molecule has 1 saturated heterocycles. The quantitative estimate of drug-likeness (QED) is 0.391. The highest BCUT2D eigenvalue weighted by atomic mass is 32.2. The van der Waals surface area contributed by atoms with E-state index in [9.17, 15) is 18.5 Å². The Hall–Kier alpha value is -2.80. The summed E-state index contributed by atoms with van der Waals surface area (Å²) in [4.78, 5) is 13.2. The maximum atomic E-state index is 13.0. The molecule has 32 heavy (non-hydrogen) atoms. The Morgan fingerprint density at radius 3 is 2.41 bits per heavy atom. The van der Waals surface area contributed by atoms with Crippen LogP contribution in [-0.4, -0.2) is 66.0 Å². The van der Waals surface area contributed by atoms with Gasteiger partial charge in [0.15, 0.2) is 0 Å². The van der Waals surface area contributed by atoms with Gasteiger partial charge in [0.25, 0.3) is 10.9 Å². The van der Waals surface area contributed by atoms with Gasteiger partial charge < -0.3 is 9.32 Å². The molecule has 0 radical (unpaired) electrons. The highest BCUT2D eigenvalue weighted by Gasteiger charge is 2.30. The average Bonchev–Trinajstić information content (AvgIpc) is 3.23. The molecule has 1 aromatic heterocycles. The van der Waals surface area contributed by atoms with E-state index < -0.39 is 14.9 Å². The Bertz CT molecular complexity index is 1240. The molecular weight excluding hydrogens is 454 g/mol. The molecule has 0 unspecified atom stereocenters. The largest absolute Gasteiger partial charge is 0.411 e. The third kappa shape index (κ3) is 4.67. The average molecular weight is 476 g/mol. The summed E-state index contributed by atoms with van der Waals surface area (Å²) in [5.74, 6) is 0.296. The summed E-state index contributed by atoms with van der Waals surface area (Å²) in [7, 11) is -1.91. The smallest absolute Gasteiger partial charge is 0.284 e. The van der Waals surface area contributed by atoms with E-state index in [1.807, 2.05) is 43.1 Å². The maximum Gasteiger partial charge on any atom is 0.284 e. The summed E-state index contributed by atoms with van der Waals surface area (Å²) < 4.78 is 32.9. The molecule has 0 aliphatic carbocycles. The van der Waals surface area contributed by atoms with Crippen LogP contribution in [0.15, 0.2) is 61.9 Å². The van der Waals surface area contributed by atoms with Crippen LogP contribution in [0.25, 0.3) is 11.5 Å². The Labute approximate surface area is 189 Å². The van der Waals surface area contributed by atoms with Crippen LogP contribution in [0, 0.1) is 17.0 Å². The number of aryl methyl sites for hydroxylation is 1. The molecule has 0 bridgehead atoms. The molecule has 168 valence electrons. The molecule has 4 rings (SSSR count). The lowest BCUT2D eigenvalue weighted by atomic mass is 10.1. The predicted octanol–water partition coefficient (Wildman–Crippen LogP) is 3.04. The number of nitro benzene ring substituents is 1. The zero-order chi connectivity index (χ0) is 22.9. The molecule has 2 heterocycles. The van der Waals surface area contributed by atoms with E-state index in [1.54, 1.807) is 0 Å². The highest BCUT2D eigenvalue weighted by Crippen LogP contribution is 2.37. The number of hydrogen-bond donors (Lipinski definition) is 0. The number of rotatable bonds is 6. The molecule has 12 heteroatoms. The van der Waals surface area contributed by atoms with Gasteiger partial charge in [0.2, 0.25) is 15.9 Å². The lowest BCUT2D eigenvalue weighted by Crippen LogP contribution is -2.47. The summed E-state index contributed by atoms with van der Waals surface area (Å²) in [6, 6.07) is 11.4. The third-order valence-corrected chi connectivity index (χ3v) is 7.93. The molecular formula is C20H21N5O5S2. The van der Waals surface area contributed by atoms with Gasteiger partial charge in [0.05, 0.1) is 14.7 Å². The van der Waals surface area contributed by atoms with Crippen molar-refractivity contribution < 1.29 is 17.8 Å². The van der Waals surface area contributed by atoms with Gasteiger partial charge in [0.1, 0.15) is 0 Å². The SMILES string of the molecule is Cc1ccc(-c2nnc(Sc3ccc(S(=O)(=O)N4CCN(C)CC4)cc3[N+](=O)[O-])o2)cc1. The lowest BCUT2D eigenvalue weighted by molar-refractivity contribution is -0.388. The topological polar surface area (TPSA) is 123 Å². The molecule has 0 atom stereocenters. The van der Waals surface area contributed by atoms with Crippen LogP contribution in [0.3, 0.4) is 0 Å². The van der Waals surface area contributed by atoms with Crippen LogP contribution in [-0.2, 0) is 10.0 Å². The van der Waals surface area contributed by atoms with Crippen LogP contribution in [0.1, 0.15) is 5.56 Å². The number of nitrogens with zero attached hydrogens (tertiary/aromatic N) is 5. The van der Waals surface area contributed by atoms with Crippen LogP contribution >= 0.6 is 11.8 Å². The molecule has 1 aliphatic heterocycles. The van der Waals surface area contributed by atoms with Gasteiger partial charge >= 0.3 is 0 Å². The highest BCUT2D eigenvalue weighted by molar-refractivity contribution is 7.99. The van der Waals surface area contributed by atoms with Crippen LogP contribution < -0.4 is 0 Å². The molecule has 0 saturated carbocycles. The van der Waals surface area contributed by atoms with Crippen molar-refractivity contribution in [3.05, 3.63) is 58.1 Å². The Kier molecular flexibility index (Phi) is 6.29. The van der Waals surface area contributed by atoms with Crippen molar-refractivity contribution in [3.8, 4) is 11.5 Å². The first-order valence-electron chi connectivity index (χ1n) is 9.79. The van der Waals surface area contributed by atoms with Gasteiger partial charge in [-0.2, -0.15) is 4.31 Å². The second kappa shape index (κ2) is 8.98. The van der Waals surface area contributed by atoms with E-state index in [1.165, 1.54) is 16.4 Å². The number of piperazine rings is 1. The van der Waals surface area contributed by atoms with Crippen molar-refractivity contribution in [3.63, 3.8) is 0 Å². The van der Waals surface area contributed by atoms with E-state index in [0.717, 1.165) is 29.0 Å². The molecule has 10 nitrogen and oxygen atoms in total. The van der Waals surface area contributed by atoms with E-state index in [2.05, 4.69) is 10.2 Å². The monoisotopic (exact) mass is 475 g/mol. The van der Waals surface area contributed by atoms with E-state index in [0.29, 0.717) is 32.1 Å². The van der Waals surface area contributed by atoms with Crippen molar-refractivity contribution in [2.45, 2.75) is 21.9 Å². The number of sulfonamides is 1. The minimum Gasteiger partial charge on any atom is -0.411 e. The molecule has 1 fully saturated rings. The standard InChI is InChI=1S/C20H21N5O5S2/c1-14-3-5-15(6-4-14)19-21-22-20(30-19)31-18-8-7-16(13-17(18)25(26)27)32(28,29)24-11-9-23(2)10-12-24/h3-8,13H,9-12H2,1-2H3. The van der Waals surface area contributed by atoms with E-state index in [4.69, 9.17) is 4.42 Å². The van der Waals surface area contributed by atoms with E-state index >= 15 is 0 Å². The first kappa shape index (κ1) is 22.4. The maximum absolute atomic E-state index is 13.0. The van der Waals surface area contributed by atoms with Crippen molar-refractivity contribution in [2.75, 3.05) is 33.2 Å². The molecule has 1 aliphatic rings. The number of aromatic nitrogens is 2. The summed E-state index contributed by atoms with van der Waals surface area (Å²) in [6.45, 7) is 3.86. The van der Waals surface area contributed by atoms with Gasteiger partial charge in [-0.1, -0.05) is 17.7 Å². The fraction of sp³-hybridized carbons (Fsp3) is 0.300. The first-order valence-corrected chi connectivity index (χ1v) is 12.1. The molecule has 0 N–H and O–H groups in total. The zero-order valence-electron chi connectivity index (χ0n) is 17.5. The number of nitro groups is 1. The first-order chi connectivity index (χ1) is 15.2. The summed E-state index contributed by atoms with van der Waals surface area (Å²) in [6.07, 6.45) is 0. The van der Waals surface area contributed by atoms with Crippen molar-refractivity contribution >= 4 is 27.5 Å². The predicted molar refractivity (Wildman–Crippen MR) is 118 cm³/mol. The minimum absolute atomic E-state index is 0.107. The Balaban J connectivity index is 1.59. The number of likely N-dealkylation sites (N-methyl/N-ethyl adjacent to an activating group) is 1. The van der Waals surface area contributed by atoms with Gasteiger partial charge in [0, 0.05) is 37.8 Å². The normalized spacial score (nSPS) is 15.7. The summed E-state index contributed by atoms with van der Waals surface area (Å²) in [5.41, 5.74) is 1.49. The fourth-order valence-corrected chi connectivity index (χ4v) is 5.43. The molecule has 0 spiro atoms. The second-order valence-electron chi connectivity index (χ2n) is 7.44. The summed E-state index contributed by atoms with van der Waals surface area (Å²) in [5, 5.41) is 19.8. The van der Waals surface area contributed by atoms with Gasteiger partial charge in [-0.05, 0) is 50.0 Å². The van der Waals surface area contributed by atoms with Gasteiger partial charge in [-0.15, -0.1) is 10.2 Å². The number of benzene rings is 2. The fourth-order valence-electron chi connectivity index (χ4n) is 3.22. The molecule has 2 aromatic carbocycles. The second-order valence-corrected chi connectivity index (χ2v) is 10.4. The van der Waals surface area contributed by atoms with Gasteiger partial charge in [-0.3, -0.25) is 10.1 Å². The Morgan fingerprint density at radius 1 is 1.06 bits per heavy atom. The van der Waals surface area contributed by atoms with Crippen LogP contribution in [0.2, 0.25) is 0 Å². The van der Waals surface area contributed by atoms with Crippen LogP contribution in [0.5, 0.6) is 0 Å². The molecule has 0 amide bonds. The van der Waals surface area contributed by atoms with Crippen molar-refractivity contribution in [1.82, 2.24) is 19.4 Å². The van der Waals surface area contributed by atoms with Crippen molar-refractivity contribution in [1.29, 1.82) is 0 Å². The van der Waals surface area contributed by atoms with Gasteiger partial charge in [-0.25, -0.2) is 8.42 Å². The van der Waals surface area contributed by atoms with E-state index in [-0.39, 0.29) is 20.7 Å². The summed E-state index contributed by atoms with van der Waals surface area (Å²) >= 11 is 0.919. The third-order valence-electron chi connectivity index (χ3n) is 5.13. The minimum atomic E-state index is -3.83.